The third kappa shape index (κ3) is 2.63. The first kappa shape index (κ1) is 12.2. The number of rotatable bonds is 5. The fraction of sp³-hybridized carbons (Fsp3) is 0.400. The molecule has 2 aromatic rings. The number of benzene rings is 1. The second-order valence-electron chi connectivity index (χ2n) is 5.13. The molecule has 2 N–H and O–H groups in total. The van der Waals surface area contributed by atoms with E-state index >= 15 is 0 Å². The van der Waals surface area contributed by atoms with Crippen molar-refractivity contribution in [2.75, 3.05) is 30.4 Å². The molecule has 1 aromatic heterocycles. The van der Waals surface area contributed by atoms with Crippen LogP contribution in [0.4, 0.5) is 11.5 Å². The largest absolute Gasteiger partial charge is 0.395 e. The number of pyridine rings is 1. The van der Waals surface area contributed by atoms with Gasteiger partial charge < -0.3 is 15.3 Å². The van der Waals surface area contributed by atoms with Crippen LogP contribution < -0.4 is 10.2 Å². The summed E-state index contributed by atoms with van der Waals surface area (Å²) in [5.74, 6) is 0.922. The molecule has 0 saturated heterocycles. The third-order valence-corrected chi connectivity index (χ3v) is 3.49. The predicted octanol–water partition coefficient (Wildman–Crippen LogP) is 2.24. The van der Waals surface area contributed by atoms with Crippen molar-refractivity contribution in [3.63, 3.8) is 0 Å². The Balaban J connectivity index is 1.99. The number of anilines is 2. The number of aliphatic hydroxyl groups is 1. The van der Waals surface area contributed by atoms with Gasteiger partial charge in [0.05, 0.1) is 6.61 Å². The smallest absolute Gasteiger partial charge is 0.136 e. The van der Waals surface area contributed by atoms with E-state index in [1.54, 1.807) is 0 Å². The Labute approximate surface area is 113 Å². The van der Waals surface area contributed by atoms with Crippen molar-refractivity contribution >= 4 is 22.3 Å². The molecule has 0 radical (unpaired) electrons. The van der Waals surface area contributed by atoms with E-state index < -0.39 is 0 Å². The molecule has 0 amide bonds. The minimum Gasteiger partial charge on any atom is -0.395 e. The van der Waals surface area contributed by atoms with E-state index in [-0.39, 0.29) is 6.61 Å². The van der Waals surface area contributed by atoms with Gasteiger partial charge in [-0.25, -0.2) is 4.98 Å². The summed E-state index contributed by atoms with van der Waals surface area (Å²) < 4.78 is 0. The van der Waals surface area contributed by atoms with Gasteiger partial charge in [0.15, 0.2) is 0 Å². The molecule has 0 unspecified atom stereocenters. The fourth-order valence-electron chi connectivity index (χ4n) is 2.27. The molecule has 1 aliphatic rings. The zero-order chi connectivity index (χ0) is 13.2. The summed E-state index contributed by atoms with van der Waals surface area (Å²) in [6.45, 7) is 0.723. The lowest BCUT2D eigenvalue weighted by molar-refractivity contribution is 0.304. The minimum absolute atomic E-state index is 0.134. The van der Waals surface area contributed by atoms with Gasteiger partial charge in [0.1, 0.15) is 5.82 Å². The average Bonchev–Trinajstić information content (AvgIpc) is 3.22. The first-order valence-corrected chi connectivity index (χ1v) is 6.75. The highest BCUT2D eigenvalue weighted by molar-refractivity contribution is 5.94. The Kier molecular flexibility index (Phi) is 3.25. The average molecular weight is 257 g/mol. The number of aromatic nitrogens is 1. The highest BCUT2D eigenvalue weighted by Crippen LogP contribution is 2.30. The summed E-state index contributed by atoms with van der Waals surface area (Å²) in [5, 5.41) is 14.9. The van der Waals surface area contributed by atoms with Gasteiger partial charge in [-0.1, -0.05) is 6.07 Å². The molecule has 1 aromatic carbocycles. The zero-order valence-corrected chi connectivity index (χ0v) is 11.1. The lowest BCUT2D eigenvalue weighted by Crippen LogP contribution is -2.22. The molecule has 1 fully saturated rings. The lowest BCUT2D eigenvalue weighted by Gasteiger charge is -2.19. The number of hydrogen-bond acceptors (Lipinski definition) is 4. The molecule has 100 valence electrons. The van der Waals surface area contributed by atoms with Gasteiger partial charge in [-0.15, -0.1) is 0 Å². The summed E-state index contributed by atoms with van der Waals surface area (Å²) in [6, 6.07) is 9.07. The van der Waals surface area contributed by atoms with Crippen LogP contribution in [0.15, 0.2) is 30.5 Å². The molecule has 0 atom stereocenters. The van der Waals surface area contributed by atoms with E-state index in [4.69, 9.17) is 5.11 Å². The number of nitrogens with zero attached hydrogens (tertiary/aromatic N) is 2. The van der Waals surface area contributed by atoms with Gasteiger partial charge in [-0.3, -0.25) is 0 Å². The normalized spacial score (nSPS) is 14.6. The molecule has 0 bridgehead atoms. The van der Waals surface area contributed by atoms with Crippen LogP contribution in [0.3, 0.4) is 0 Å². The molecule has 4 heteroatoms. The van der Waals surface area contributed by atoms with Crippen molar-refractivity contribution in [1.82, 2.24) is 4.98 Å². The highest BCUT2D eigenvalue weighted by atomic mass is 16.3. The first-order valence-electron chi connectivity index (χ1n) is 6.75. The van der Waals surface area contributed by atoms with Crippen LogP contribution in [0, 0.1) is 0 Å². The van der Waals surface area contributed by atoms with Crippen LogP contribution in [0.1, 0.15) is 12.8 Å². The maximum absolute atomic E-state index is 9.07. The number of aliphatic hydroxyl groups excluding tert-OH is 1. The molecule has 0 spiro atoms. The van der Waals surface area contributed by atoms with Crippen LogP contribution in [0.2, 0.25) is 0 Å². The van der Waals surface area contributed by atoms with E-state index in [0.29, 0.717) is 12.6 Å². The van der Waals surface area contributed by atoms with Crippen LogP contribution >= 0.6 is 0 Å². The third-order valence-electron chi connectivity index (χ3n) is 3.49. The van der Waals surface area contributed by atoms with Gasteiger partial charge in [0.25, 0.3) is 0 Å². The molecular formula is C15H19N3O. The number of hydrogen-bond donors (Lipinski definition) is 2. The van der Waals surface area contributed by atoms with Gasteiger partial charge >= 0.3 is 0 Å². The Hall–Kier alpha value is -1.81. The van der Waals surface area contributed by atoms with Crippen molar-refractivity contribution in [1.29, 1.82) is 0 Å². The quantitative estimate of drug-likeness (QED) is 0.862. The number of fused-ring (bicyclic) bond motifs is 1. The van der Waals surface area contributed by atoms with Crippen molar-refractivity contribution in [3.8, 4) is 0 Å². The fourth-order valence-corrected chi connectivity index (χ4v) is 2.27. The van der Waals surface area contributed by atoms with Crippen LogP contribution in [0.5, 0.6) is 0 Å². The second kappa shape index (κ2) is 5.05. The first-order chi connectivity index (χ1) is 9.28. The Morgan fingerprint density at radius 1 is 1.37 bits per heavy atom. The van der Waals surface area contributed by atoms with Gasteiger partial charge in [-0.05, 0) is 36.4 Å². The molecule has 0 aliphatic heterocycles. The topological polar surface area (TPSA) is 48.4 Å². The second-order valence-corrected chi connectivity index (χ2v) is 5.13. The van der Waals surface area contributed by atoms with E-state index in [9.17, 15) is 0 Å². The van der Waals surface area contributed by atoms with Crippen molar-refractivity contribution in [2.24, 2.45) is 0 Å². The minimum atomic E-state index is 0.134. The molecule has 4 nitrogen and oxygen atoms in total. The van der Waals surface area contributed by atoms with Gasteiger partial charge in [0.2, 0.25) is 0 Å². The summed E-state index contributed by atoms with van der Waals surface area (Å²) in [5.41, 5.74) is 1.15. The van der Waals surface area contributed by atoms with E-state index in [1.807, 2.05) is 24.2 Å². The molecule has 19 heavy (non-hydrogen) atoms. The number of likely N-dealkylation sites (N-methyl/N-ethyl adjacent to an activating group) is 1. The van der Waals surface area contributed by atoms with Crippen molar-refractivity contribution in [2.45, 2.75) is 18.9 Å². The van der Waals surface area contributed by atoms with E-state index in [1.165, 1.54) is 18.2 Å². The maximum atomic E-state index is 9.07. The molecule has 1 aliphatic carbocycles. The molecule has 1 saturated carbocycles. The molecule has 1 heterocycles. The van der Waals surface area contributed by atoms with Crippen LogP contribution in [0.25, 0.3) is 10.8 Å². The SMILES string of the molecule is CN(CCO)c1nccc2ccc(NC3CC3)cc12. The zero-order valence-electron chi connectivity index (χ0n) is 11.1. The van der Waals surface area contributed by atoms with E-state index in [0.717, 1.165) is 16.9 Å². The van der Waals surface area contributed by atoms with E-state index in [2.05, 4.69) is 28.5 Å². The Morgan fingerprint density at radius 2 is 2.21 bits per heavy atom. The number of nitrogens with one attached hydrogen (secondary N) is 1. The molecule has 3 rings (SSSR count). The standard InChI is InChI=1S/C15H19N3O/c1-18(8-9-19)15-14-10-13(17-12-4-5-12)3-2-11(14)6-7-16-15/h2-3,6-7,10,12,17,19H,4-5,8-9H2,1H3. The summed E-state index contributed by atoms with van der Waals surface area (Å²) >= 11 is 0. The highest BCUT2D eigenvalue weighted by Gasteiger charge is 2.20. The summed E-state index contributed by atoms with van der Waals surface area (Å²) in [6.07, 6.45) is 4.35. The summed E-state index contributed by atoms with van der Waals surface area (Å²) in [7, 11) is 1.96. The Bertz CT molecular complexity index is 581. The van der Waals surface area contributed by atoms with Crippen molar-refractivity contribution in [3.05, 3.63) is 30.5 Å². The monoisotopic (exact) mass is 257 g/mol. The van der Waals surface area contributed by atoms with Crippen molar-refractivity contribution < 1.29 is 5.11 Å². The van der Waals surface area contributed by atoms with Crippen LogP contribution in [-0.4, -0.2) is 36.3 Å². The lowest BCUT2D eigenvalue weighted by atomic mass is 10.1. The van der Waals surface area contributed by atoms with Gasteiger partial charge in [0, 0.05) is 36.9 Å². The van der Waals surface area contributed by atoms with Crippen LogP contribution in [-0.2, 0) is 0 Å². The van der Waals surface area contributed by atoms with Gasteiger partial charge in [-0.2, -0.15) is 0 Å². The maximum Gasteiger partial charge on any atom is 0.136 e. The summed E-state index contributed by atoms with van der Waals surface area (Å²) in [4.78, 5) is 6.44. The molecular weight excluding hydrogens is 238 g/mol. The predicted molar refractivity (Wildman–Crippen MR) is 78.7 cm³/mol. The Morgan fingerprint density at radius 3 is 2.95 bits per heavy atom.